The second kappa shape index (κ2) is 7.76. The van der Waals surface area contributed by atoms with Gasteiger partial charge in [0.1, 0.15) is 0 Å². The van der Waals surface area contributed by atoms with Crippen LogP contribution >= 0.6 is 23.4 Å². The summed E-state index contributed by atoms with van der Waals surface area (Å²) in [6, 6.07) is 12.2. The molecule has 1 N–H and O–H groups in total. The lowest BCUT2D eigenvalue weighted by molar-refractivity contribution is -0.115. The number of thioether (sulfide) groups is 1. The van der Waals surface area contributed by atoms with Crippen LogP contribution in [0.5, 0.6) is 0 Å². The number of amides is 1. The second-order valence-electron chi connectivity index (χ2n) is 5.53. The van der Waals surface area contributed by atoms with Crippen molar-refractivity contribution in [1.29, 1.82) is 0 Å². The van der Waals surface area contributed by atoms with Crippen molar-refractivity contribution < 1.29 is 14.3 Å². The van der Waals surface area contributed by atoms with Gasteiger partial charge in [0, 0.05) is 5.02 Å². The van der Waals surface area contributed by atoms with E-state index in [1.807, 2.05) is 13.0 Å². The van der Waals surface area contributed by atoms with Crippen LogP contribution in [0, 0.1) is 6.92 Å². The predicted molar refractivity (Wildman–Crippen MR) is 105 cm³/mol. The van der Waals surface area contributed by atoms with Gasteiger partial charge in [-0.05, 0) is 60.2 Å². The summed E-state index contributed by atoms with van der Waals surface area (Å²) in [5, 5.41) is 3.83. The Morgan fingerprint density at radius 2 is 1.96 bits per heavy atom. The molecular formula is C19H15ClN2O3S. The maximum atomic E-state index is 12.2. The van der Waals surface area contributed by atoms with Crippen LogP contribution in [0.1, 0.15) is 21.5 Å². The van der Waals surface area contributed by atoms with Gasteiger partial charge in [-0.3, -0.25) is 4.79 Å². The second-order valence-corrected chi connectivity index (χ2v) is 6.99. The van der Waals surface area contributed by atoms with Gasteiger partial charge < -0.3 is 10.1 Å². The van der Waals surface area contributed by atoms with E-state index >= 15 is 0 Å². The number of esters is 1. The Hall–Kier alpha value is -2.57. The monoisotopic (exact) mass is 386 g/mol. The maximum Gasteiger partial charge on any atom is 0.337 e. The molecule has 1 saturated heterocycles. The highest BCUT2D eigenvalue weighted by atomic mass is 35.5. The molecule has 1 fully saturated rings. The third kappa shape index (κ3) is 4.15. The predicted octanol–water partition coefficient (Wildman–Crippen LogP) is 4.33. The zero-order valence-corrected chi connectivity index (χ0v) is 15.6. The molecule has 2 aromatic rings. The van der Waals surface area contributed by atoms with Crippen molar-refractivity contribution in [2.45, 2.75) is 6.92 Å². The molecule has 1 amide bonds. The first-order valence-electron chi connectivity index (χ1n) is 7.70. The van der Waals surface area contributed by atoms with Crippen molar-refractivity contribution >= 4 is 52.2 Å². The molecular weight excluding hydrogens is 372 g/mol. The fraction of sp³-hybridized carbons (Fsp3) is 0.105. The fourth-order valence-corrected chi connectivity index (χ4v) is 3.28. The summed E-state index contributed by atoms with van der Waals surface area (Å²) < 4.78 is 4.67. The Kier molecular flexibility index (Phi) is 5.44. The van der Waals surface area contributed by atoms with Crippen LogP contribution in [0.2, 0.25) is 5.02 Å². The minimum absolute atomic E-state index is 0.217. The molecule has 1 aliphatic heterocycles. The van der Waals surface area contributed by atoms with Gasteiger partial charge >= 0.3 is 5.97 Å². The Balaban J connectivity index is 1.81. The molecule has 0 aliphatic carbocycles. The van der Waals surface area contributed by atoms with E-state index in [2.05, 4.69) is 15.0 Å². The first kappa shape index (κ1) is 18.2. The Labute approximate surface area is 160 Å². The highest BCUT2D eigenvalue weighted by molar-refractivity contribution is 8.18. The van der Waals surface area contributed by atoms with E-state index in [0.717, 1.165) is 11.1 Å². The lowest BCUT2D eigenvalue weighted by Crippen LogP contribution is -2.19. The highest BCUT2D eigenvalue weighted by Gasteiger charge is 2.24. The van der Waals surface area contributed by atoms with Gasteiger partial charge in [0.15, 0.2) is 5.17 Å². The van der Waals surface area contributed by atoms with Crippen molar-refractivity contribution in [1.82, 2.24) is 5.32 Å². The van der Waals surface area contributed by atoms with Gasteiger partial charge in [-0.15, -0.1) is 0 Å². The number of ether oxygens (including phenoxy) is 1. The van der Waals surface area contributed by atoms with E-state index in [0.29, 0.717) is 26.3 Å². The molecule has 1 aliphatic rings. The minimum Gasteiger partial charge on any atom is -0.465 e. The summed E-state index contributed by atoms with van der Waals surface area (Å²) in [6.07, 6.45) is 1.74. The molecule has 3 rings (SSSR count). The summed E-state index contributed by atoms with van der Waals surface area (Å²) in [5.41, 5.74) is 2.93. The number of methoxy groups -OCH3 is 1. The molecule has 0 radical (unpaired) electrons. The number of nitrogens with one attached hydrogen (secondary N) is 1. The number of carbonyl (C=O) groups is 2. The van der Waals surface area contributed by atoms with E-state index in [-0.39, 0.29) is 5.91 Å². The fourth-order valence-electron chi connectivity index (χ4n) is 2.28. The summed E-state index contributed by atoms with van der Waals surface area (Å²) in [4.78, 5) is 28.6. The quantitative estimate of drug-likeness (QED) is 0.629. The first-order valence-corrected chi connectivity index (χ1v) is 8.90. The van der Waals surface area contributed by atoms with Crippen LogP contribution in [0.25, 0.3) is 6.08 Å². The van der Waals surface area contributed by atoms with E-state index < -0.39 is 5.97 Å². The Morgan fingerprint density at radius 1 is 1.23 bits per heavy atom. The van der Waals surface area contributed by atoms with Crippen molar-refractivity contribution in [2.75, 3.05) is 7.11 Å². The lowest BCUT2D eigenvalue weighted by Gasteiger charge is -2.01. The van der Waals surface area contributed by atoms with Gasteiger partial charge in [-0.1, -0.05) is 29.8 Å². The molecule has 2 aromatic carbocycles. The number of hydrogen-bond acceptors (Lipinski definition) is 5. The lowest BCUT2D eigenvalue weighted by atomic mass is 10.1. The maximum absolute atomic E-state index is 12.2. The zero-order chi connectivity index (χ0) is 18.7. The van der Waals surface area contributed by atoms with Crippen LogP contribution in [0.3, 0.4) is 0 Å². The average Bonchev–Trinajstić information content (AvgIpc) is 2.97. The largest absolute Gasteiger partial charge is 0.465 e. The molecule has 1 heterocycles. The molecule has 0 atom stereocenters. The van der Waals surface area contributed by atoms with Crippen molar-refractivity contribution in [3.05, 3.63) is 69.1 Å². The normalized spacial score (nSPS) is 16.8. The van der Waals surface area contributed by atoms with E-state index in [9.17, 15) is 9.59 Å². The molecule has 132 valence electrons. The van der Waals surface area contributed by atoms with Gasteiger partial charge in [0.25, 0.3) is 5.91 Å². The number of carbonyl (C=O) groups excluding carboxylic acids is 2. The van der Waals surface area contributed by atoms with E-state index in [4.69, 9.17) is 11.6 Å². The molecule has 7 heteroatoms. The summed E-state index contributed by atoms with van der Waals surface area (Å²) in [7, 11) is 1.33. The van der Waals surface area contributed by atoms with Gasteiger partial charge in [-0.25, -0.2) is 9.79 Å². The van der Waals surface area contributed by atoms with Gasteiger partial charge in [0.05, 0.1) is 23.3 Å². The summed E-state index contributed by atoms with van der Waals surface area (Å²) in [5.74, 6) is -0.617. The van der Waals surface area contributed by atoms with Gasteiger partial charge in [-0.2, -0.15) is 0 Å². The number of benzene rings is 2. The number of aryl methyl sites for hydroxylation is 1. The van der Waals surface area contributed by atoms with Gasteiger partial charge in [0.2, 0.25) is 0 Å². The Bertz CT molecular complexity index is 936. The SMILES string of the molecule is COC(=O)c1ccc(/C=C2\SC(=Nc3cc(Cl)ccc3C)NC2=O)cc1. The number of hydrogen-bond donors (Lipinski definition) is 1. The molecule has 0 unspecified atom stereocenters. The van der Waals surface area contributed by atoms with Crippen LogP contribution < -0.4 is 5.32 Å². The molecule has 5 nitrogen and oxygen atoms in total. The minimum atomic E-state index is -0.400. The van der Waals surface area contributed by atoms with Crippen LogP contribution in [-0.4, -0.2) is 24.2 Å². The third-order valence-corrected chi connectivity index (χ3v) is 4.82. The zero-order valence-electron chi connectivity index (χ0n) is 14.1. The van der Waals surface area contributed by atoms with Crippen LogP contribution in [-0.2, 0) is 9.53 Å². The summed E-state index contributed by atoms with van der Waals surface area (Å²) >= 11 is 7.26. The van der Waals surface area contributed by atoms with Crippen LogP contribution in [0.15, 0.2) is 52.4 Å². The van der Waals surface area contributed by atoms with Crippen molar-refractivity contribution in [3.63, 3.8) is 0 Å². The van der Waals surface area contributed by atoms with Crippen molar-refractivity contribution in [2.24, 2.45) is 4.99 Å². The number of halogens is 1. The van der Waals surface area contributed by atoms with Crippen LogP contribution in [0.4, 0.5) is 5.69 Å². The average molecular weight is 387 g/mol. The summed E-state index contributed by atoms with van der Waals surface area (Å²) in [6.45, 7) is 1.93. The third-order valence-electron chi connectivity index (χ3n) is 3.67. The number of rotatable bonds is 3. The number of aliphatic imine (C=N–C) groups is 1. The molecule has 0 bridgehead atoms. The smallest absolute Gasteiger partial charge is 0.337 e. The number of amidine groups is 1. The standard InChI is InChI=1S/C19H15ClN2O3S/c1-11-3-8-14(20)10-15(11)21-19-22-17(23)16(26-19)9-12-4-6-13(7-5-12)18(24)25-2/h3-10H,1-2H3,(H,21,22,23)/b16-9-. The van der Waals surface area contributed by atoms with E-state index in [1.165, 1.54) is 18.9 Å². The Morgan fingerprint density at radius 3 is 2.65 bits per heavy atom. The van der Waals surface area contributed by atoms with Crippen molar-refractivity contribution in [3.8, 4) is 0 Å². The molecule has 26 heavy (non-hydrogen) atoms. The molecule has 0 aromatic heterocycles. The molecule has 0 saturated carbocycles. The topological polar surface area (TPSA) is 67.8 Å². The highest BCUT2D eigenvalue weighted by Crippen LogP contribution is 2.30. The first-order chi connectivity index (χ1) is 12.5. The molecule has 0 spiro atoms. The van der Waals surface area contributed by atoms with E-state index in [1.54, 1.807) is 42.5 Å². The number of nitrogens with zero attached hydrogens (tertiary/aromatic N) is 1.